The second kappa shape index (κ2) is 9.94. The van der Waals surface area contributed by atoms with Gasteiger partial charge in [0, 0.05) is 25.3 Å². The van der Waals surface area contributed by atoms with Crippen LogP contribution in [0.15, 0.2) is 42.5 Å². The molecular weight excluding hydrogens is 443 g/mol. The van der Waals surface area contributed by atoms with E-state index < -0.39 is 0 Å². The van der Waals surface area contributed by atoms with Crippen molar-refractivity contribution in [2.45, 2.75) is 19.0 Å². The third kappa shape index (κ3) is 4.71. The summed E-state index contributed by atoms with van der Waals surface area (Å²) in [6.45, 7) is 3.96. The maximum absolute atomic E-state index is 12.8. The number of benzene rings is 2. The van der Waals surface area contributed by atoms with Crippen molar-refractivity contribution in [2.24, 2.45) is 0 Å². The van der Waals surface area contributed by atoms with E-state index in [1.807, 2.05) is 30.3 Å². The summed E-state index contributed by atoms with van der Waals surface area (Å²) in [7, 11) is 0. The Hall–Kier alpha value is -1.90. The van der Waals surface area contributed by atoms with Crippen molar-refractivity contribution in [1.82, 2.24) is 10.3 Å². The lowest BCUT2D eigenvalue weighted by atomic mass is 9.95. The van der Waals surface area contributed by atoms with Crippen LogP contribution in [-0.4, -0.2) is 43.2 Å². The van der Waals surface area contributed by atoms with Crippen LogP contribution in [0.4, 0.5) is 10.8 Å². The van der Waals surface area contributed by atoms with E-state index in [0.717, 1.165) is 53.9 Å². The molecule has 2 aliphatic heterocycles. The highest BCUT2D eigenvalue weighted by molar-refractivity contribution is 7.22. The lowest BCUT2D eigenvalue weighted by Gasteiger charge is -2.25. The Kier molecular flexibility index (Phi) is 7.55. The van der Waals surface area contributed by atoms with Gasteiger partial charge in [0.2, 0.25) is 5.91 Å². The summed E-state index contributed by atoms with van der Waals surface area (Å²) in [5.41, 5.74) is 4.30. The average molecular weight is 467 g/mol. The number of nitrogens with one attached hydrogen (secondary N) is 2. The number of halogens is 2. The van der Waals surface area contributed by atoms with E-state index in [2.05, 4.69) is 27.7 Å². The minimum Gasteiger partial charge on any atom is -0.378 e. The standard InChI is InChI=1S/C21H22N4O2S.2ClH/c26-20(18-11-14-3-1-2-4-15(14)13-22-18)23-16-5-6-17-19(12-16)28-21(24-17)25-7-9-27-10-8-25;;/h1-6,12,18,22H,7-11,13H2,(H,23,26);2*1H. The number of thiazole rings is 1. The third-order valence-electron chi connectivity index (χ3n) is 5.32. The average Bonchev–Trinajstić information content (AvgIpc) is 3.17. The molecule has 2 aliphatic rings. The lowest BCUT2D eigenvalue weighted by Crippen LogP contribution is -2.44. The summed E-state index contributed by atoms with van der Waals surface area (Å²) in [6.07, 6.45) is 0.714. The Bertz CT molecular complexity index is 1020. The molecule has 0 bridgehead atoms. The Morgan fingerprint density at radius 2 is 1.90 bits per heavy atom. The molecule has 2 N–H and O–H groups in total. The van der Waals surface area contributed by atoms with Crippen molar-refractivity contribution in [2.75, 3.05) is 36.5 Å². The van der Waals surface area contributed by atoms with Gasteiger partial charge < -0.3 is 20.3 Å². The quantitative estimate of drug-likeness (QED) is 0.616. The molecule has 1 atom stereocenters. The van der Waals surface area contributed by atoms with Gasteiger partial charge >= 0.3 is 0 Å². The van der Waals surface area contributed by atoms with Crippen LogP contribution in [0, 0.1) is 0 Å². The first-order valence-corrected chi connectivity index (χ1v) is 10.4. The number of ether oxygens (including phenoxy) is 1. The molecule has 0 radical (unpaired) electrons. The van der Waals surface area contributed by atoms with Gasteiger partial charge in [-0.1, -0.05) is 35.6 Å². The Morgan fingerprint density at radius 1 is 1.13 bits per heavy atom. The number of nitrogens with zero attached hydrogens (tertiary/aromatic N) is 2. The number of hydrogen-bond donors (Lipinski definition) is 2. The molecular formula is C21H24Cl2N4O2S. The number of aromatic nitrogens is 1. The van der Waals surface area contributed by atoms with Gasteiger partial charge in [0.15, 0.2) is 5.13 Å². The zero-order valence-corrected chi connectivity index (χ0v) is 18.7. The molecule has 0 aliphatic carbocycles. The molecule has 3 aromatic rings. The molecule has 1 fully saturated rings. The van der Waals surface area contributed by atoms with Gasteiger partial charge in [-0.2, -0.15) is 0 Å². The van der Waals surface area contributed by atoms with E-state index in [9.17, 15) is 4.79 Å². The molecule has 1 amide bonds. The van der Waals surface area contributed by atoms with Crippen molar-refractivity contribution in [1.29, 1.82) is 0 Å². The normalized spacial score (nSPS) is 18.1. The van der Waals surface area contributed by atoms with Gasteiger partial charge in [0.25, 0.3) is 0 Å². The number of carbonyl (C=O) groups excluding carboxylic acids is 1. The molecule has 6 nitrogen and oxygen atoms in total. The molecule has 1 aromatic heterocycles. The highest BCUT2D eigenvalue weighted by Gasteiger charge is 2.24. The van der Waals surface area contributed by atoms with Gasteiger partial charge in [-0.05, 0) is 35.7 Å². The number of carbonyl (C=O) groups is 1. The van der Waals surface area contributed by atoms with Crippen LogP contribution in [0.2, 0.25) is 0 Å². The van der Waals surface area contributed by atoms with Crippen molar-refractivity contribution >= 4 is 63.1 Å². The number of fused-ring (bicyclic) bond motifs is 2. The van der Waals surface area contributed by atoms with Crippen LogP contribution >= 0.6 is 36.2 Å². The first kappa shape index (κ1) is 22.8. The van der Waals surface area contributed by atoms with Crippen LogP contribution in [0.1, 0.15) is 11.1 Å². The van der Waals surface area contributed by atoms with Crippen molar-refractivity contribution < 1.29 is 9.53 Å². The first-order chi connectivity index (χ1) is 13.8. The van der Waals surface area contributed by atoms with E-state index >= 15 is 0 Å². The van der Waals surface area contributed by atoms with Gasteiger partial charge in [0.05, 0.1) is 29.5 Å². The van der Waals surface area contributed by atoms with Gasteiger partial charge in [-0.15, -0.1) is 24.8 Å². The molecule has 9 heteroatoms. The number of amides is 1. The molecule has 1 unspecified atom stereocenters. The van der Waals surface area contributed by atoms with Crippen molar-refractivity contribution in [3.63, 3.8) is 0 Å². The molecule has 30 heavy (non-hydrogen) atoms. The van der Waals surface area contributed by atoms with Gasteiger partial charge in [0.1, 0.15) is 0 Å². The van der Waals surface area contributed by atoms with Gasteiger partial charge in [-0.3, -0.25) is 4.79 Å². The summed E-state index contributed by atoms with van der Waals surface area (Å²) in [4.78, 5) is 19.8. The van der Waals surface area contributed by atoms with E-state index in [1.165, 1.54) is 11.1 Å². The van der Waals surface area contributed by atoms with Crippen LogP contribution in [0.5, 0.6) is 0 Å². The molecule has 0 spiro atoms. The lowest BCUT2D eigenvalue weighted by molar-refractivity contribution is -0.118. The SMILES string of the molecule is Cl.Cl.O=C(Nc1ccc2nc(N3CCOCC3)sc2c1)C1Cc2ccccc2CN1. The molecule has 0 saturated carbocycles. The zero-order valence-electron chi connectivity index (χ0n) is 16.3. The second-order valence-corrected chi connectivity index (χ2v) is 8.18. The molecule has 160 valence electrons. The number of hydrogen-bond acceptors (Lipinski definition) is 6. The molecule has 3 heterocycles. The molecule has 1 saturated heterocycles. The zero-order chi connectivity index (χ0) is 18.9. The number of morpholine rings is 1. The smallest absolute Gasteiger partial charge is 0.241 e. The minimum atomic E-state index is -0.212. The monoisotopic (exact) mass is 466 g/mol. The number of rotatable bonds is 3. The highest BCUT2D eigenvalue weighted by atomic mass is 35.5. The topological polar surface area (TPSA) is 66.5 Å². The Morgan fingerprint density at radius 3 is 2.70 bits per heavy atom. The van der Waals surface area contributed by atoms with Gasteiger partial charge in [-0.25, -0.2) is 4.98 Å². The fourth-order valence-corrected chi connectivity index (χ4v) is 4.81. The van der Waals surface area contributed by atoms with Crippen molar-refractivity contribution in [3.05, 3.63) is 53.6 Å². The third-order valence-corrected chi connectivity index (χ3v) is 6.40. The summed E-state index contributed by atoms with van der Waals surface area (Å²) >= 11 is 1.66. The van der Waals surface area contributed by atoms with E-state index in [1.54, 1.807) is 11.3 Å². The van der Waals surface area contributed by atoms with Crippen LogP contribution in [0.25, 0.3) is 10.2 Å². The van der Waals surface area contributed by atoms with Crippen molar-refractivity contribution in [3.8, 4) is 0 Å². The predicted molar refractivity (Wildman–Crippen MR) is 127 cm³/mol. The number of anilines is 2. The van der Waals surface area contributed by atoms with Crippen LogP contribution in [0.3, 0.4) is 0 Å². The predicted octanol–water partition coefficient (Wildman–Crippen LogP) is 3.63. The minimum absolute atomic E-state index is 0. The fraction of sp³-hybridized carbons (Fsp3) is 0.333. The van der Waals surface area contributed by atoms with E-state index in [-0.39, 0.29) is 36.8 Å². The summed E-state index contributed by atoms with van der Waals surface area (Å²) in [5.74, 6) is 0.00627. The summed E-state index contributed by atoms with van der Waals surface area (Å²) in [5, 5.41) is 7.43. The largest absolute Gasteiger partial charge is 0.378 e. The highest BCUT2D eigenvalue weighted by Crippen LogP contribution is 2.31. The first-order valence-electron chi connectivity index (χ1n) is 9.60. The maximum Gasteiger partial charge on any atom is 0.241 e. The summed E-state index contributed by atoms with van der Waals surface area (Å²) in [6, 6.07) is 14.0. The fourth-order valence-electron chi connectivity index (χ4n) is 3.75. The maximum atomic E-state index is 12.8. The Balaban J connectivity index is 0.00000128. The summed E-state index contributed by atoms with van der Waals surface area (Å²) < 4.78 is 6.50. The second-order valence-electron chi connectivity index (χ2n) is 7.17. The van der Waals surface area contributed by atoms with E-state index in [4.69, 9.17) is 9.72 Å². The van der Waals surface area contributed by atoms with Crippen LogP contribution in [-0.2, 0) is 22.5 Å². The molecule has 2 aromatic carbocycles. The molecule has 5 rings (SSSR count). The van der Waals surface area contributed by atoms with E-state index in [0.29, 0.717) is 6.42 Å². The Labute approximate surface area is 191 Å². The van der Waals surface area contributed by atoms with Crippen LogP contribution < -0.4 is 15.5 Å².